The average Bonchev–Trinajstić information content (AvgIpc) is 2.51. The molecule has 0 spiro atoms. The second kappa shape index (κ2) is 2.56. The second-order valence-corrected chi connectivity index (χ2v) is 3.42. The van der Waals surface area contributed by atoms with Gasteiger partial charge < -0.3 is 16.4 Å². The van der Waals surface area contributed by atoms with Gasteiger partial charge in [-0.05, 0) is 6.42 Å². The Kier molecular flexibility index (Phi) is 1.63. The van der Waals surface area contributed by atoms with Gasteiger partial charge in [0.1, 0.15) is 11.4 Å². The quantitative estimate of drug-likeness (QED) is 0.509. The van der Waals surface area contributed by atoms with E-state index in [0.717, 1.165) is 13.0 Å². The predicted molar refractivity (Wildman–Crippen MR) is 50.6 cm³/mol. The highest BCUT2D eigenvalue weighted by molar-refractivity contribution is 5.73. The van der Waals surface area contributed by atoms with Gasteiger partial charge in [-0.15, -0.1) is 0 Å². The molecule has 1 aromatic rings. The molecule has 0 aliphatic carbocycles. The minimum Gasteiger partial charge on any atom is -0.394 e. The zero-order valence-corrected chi connectivity index (χ0v) is 7.12. The van der Waals surface area contributed by atoms with Gasteiger partial charge in [0.2, 0.25) is 0 Å². The number of hydrogen-bond acceptors (Lipinski definition) is 5. The van der Waals surface area contributed by atoms with Crippen molar-refractivity contribution in [2.24, 2.45) is 5.73 Å². The molecule has 0 amide bonds. The molecule has 1 aliphatic rings. The Hall–Kier alpha value is -1.36. The maximum absolute atomic E-state index is 11.1. The van der Waals surface area contributed by atoms with Crippen LogP contribution in [0.1, 0.15) is 6.42 Å². The largest absolute Gasteiger partial charge is 0.394 e. The lowest BCUT2D eigenvalue weighted by molar-refractivity contribution is 0.752. The fourth-order valence-corrected chi connectivity index (χ4v) is 1.70. The van der Waals surface area contributed by atoms with Gasteiger partial charge in [0, 0.05) is 19.1 Å². The van der Waals surface area contributed by atoms with Crippen LogP contribution >= 0.6 is 0 Å². The third-order valence-corrected chi connectivity index (χ3v) is 2.46. The average molecular weight is 181 g/mol. The molecule has 4 N–H and O–H groups in total. The van der Waals surface area contributed by atoms with E-state index in [2.05, 4.69) is 0 Å². The summed E-state index contributed by atoms with van der Waals surface area (Å²) < 4.78 is 0. The summed E-state index contributed by atoms with van der Waals surface area (Å²) in [6.45, 7) is 1.34. The number of nitrogens with zero attached hydrogens (tertiary/aromatic N) is 1. The molecule has 1 atom stereocenters. The van der Waals surface area contributed by atoms with Crippen molar-refractivity contribution in [2.75, 3.05) is 23.7 Å². The van der Waals surface area contributed by atoms with E-state index in [1.807, 2.05) is 0 Å². The molecule has 0 saturated carbocycles. The molecule has 70 valence electrons. The first-order valence-corrected chi connectivity index (χ1v) is 4.20. The molecule has 0 radical (unpaired) electrons. The van der Waals surface area contributed by atoms with Crippen molar-refractivity contribution in [1.29, 1.82) is 0 Å². The molecule has 1 aliphatic heterocycles. The van der Waals surface area contributed by atoms with E-state index in [9.17, 15) is 9.59 Å². The van der Waals surface area contributed by atoms with Crippen molar-refractivity contribution in [3.8, 4) is 0 Å². The first-order chi connectivity index (χ1) is 6.11. The highest BCUT2D eigenvalue weighted by Gasteiger charge is 2.28. The van der Waals surface area contributed by atoms with Crippen LogP contribution in [0.4, 0.5) is 11.4 Å². The van der Waals surface area contributed by atoms with Crippen LogP contribution in [0.3, 0.4) is 0 Å². The topological polar surface area (TPSA) is 89.4 Å². The Bertz CT molecular complexity index is 405. The maximum atomic E-state index is 11.1. The summed E-state index contributed by atoms with van der Waals surface area (Å²) in [4.78, 5) is 23.7. The van der Waals surface area contributed by atoms with Gasteiger partial charge in [0.25, 0.3) is 10.9 Å². The Balaban J connectivity index is 2.29. The summed E-state index contributed by atoms with van der Waals surface area (Å²) >= 11 is 0. The first kappa shape index (κ1) is 8.25. The zero-order chi connectivity index (χ0) is 9.59. The predicted octanol–water partition coefficient (Wildman–Crippen LogP) is -1.60. The SMILES string of the molecule is Nc1c(N2CCC(N)C2)c(=O)c1=O. The van der Waals surface area contributed by atoms with Gasteiger partial charge in [-0.1, -0.05) is 0 Å². The van der Waals surface area contributed by atoms with Gasteiger partial charge in [-0.3, -0.25) is 9.59 Å². The number of nitrogens with two attached hydrogens (primary N) is 2. The van der Waals surface area contributed by atoms with Gasteiger partial charge >= 0.3 is 0 Å². The van der Waals surface area contributed by atoms with E-state index in [1.54, 1.807) is 4.90 Å². The highest BCUT2D eigenvalue weighted by atomic mass is 16.2. The minimum atomic E-state index is -0.560. The summed E-state index contributed by atoms with van der Waals surface area (Å²) in [5.74, 6) is 0. The van der Waals surface area contributed by atoms with Crippen molar-refractivity contribution >= 4 is 11.4 Å². The monoisotopic (exact) mass is 181 g/mol. The molecule has 5 nitrogen and oxygen atoms in total. The molecule has 0 aromatic heterocycles. The van der Waals surface area contributed by atoms with Crippen molar-refractivity contribution in [3.63, 3.8) is 0 Å². The zero-order valence-electron chi connectivity index (χ0n) is 7.12. The molecule has 0 bridgehead atoms. The highest BCUT2D eigenvalue weighted by Crippen LogP contribution is 2.20. The third kappa shape index (κ3) is 1.04. The van der Waals surface area contributed by atoms with Gasteiger partial charge in [-0.25, -0.2) is 0 Å². The van der Waals surface area contributed by atoms with E-state index < -0.39 is 10.9 Å². The molecule has 5 heteroatoms. The van der Waals surface area contributed by atoms with E-state index in [-0.39, 0.29) is 11.7 Å². The fraction of sp³-hybridized carbons (Fsp3) is 0.500. The Morgan fingerprint density at radius 1 is 1.31 bits per heavy atom. The lowest BCUT2D eigenvalue weighted by atomic mass is 10.2. The number of anilines is 2. The normalized spacial score (nSPS) is 22.8. The lowest BCUT2D eigenvalue weighted by Gasteiger charge is -2.19. The second-order valence-electron chi connectivity index (χ2n) is 3.42. The van der Waals surface area contributed by atoms with Crippen LogP contribution in [0.2, 0.25) is 0 Å². The molecule has 1 heterocycles. The van der Waals surface area contributed by atoms with Crippen molar-refractivity contribution in [3.05, 3.63) is 20.4 Å². The van der Waals surface area contributed by atoms with Gasteiger partial charge in [0.05, 0.1) is 0 Å². The van der Waals surface area contributed by atoms with Crippen molar-refractivity contribution < 1.29 is 0 Å². The van der Waals surface area contributed by atoms with E-state index in [1.165, 1.54) is 0 Å². The maximum Gasteiger partial charge on any atom is 0.253 e. The van der Waals surface area contributed by atoms with Crippen LogP contribution in [-0.4, -0.2) is 19.1 Å². The van der Waals surface area contributed by atoms with Crippen LogP contribution in [0, 0.1) is 0 Å². The fourth-order valence-electron chi connectivity index (χ4n) is 1.70. The van der Waals surface area contributed by atoms with Crippen molar-refractivity contribution in [1.82, 2.24) is 0 Å². The molecule has 1 fully saturated rings. The van der Waals surface area contributed by atoms with Gasteiger partial charge in [-0.2, -0.15) is 0 Å². The van der Waals surface area contributed by atoms with Crippen LogP contribution in [0.5, 0.6) is 0 Å². The summed E-state index contributed by atoms with van der Waals surface area (Å²) in [5, 5.41) is 0. The van der Waals surface area contributed by atoms with Crippen LogP contribution in [0.25, 0.3) is 0 Å². The van der Waals surface area contributed by atoms with Crippen LogP contribution < -0.4 is 27.2 Å². The minimum absolute atomic E-state index is 0.0869. The van der Waals surface area contributed by atoms with Gasteiger partial charge in [0.15, 0.2) is 0 Å². The van der Waals surface area contributed by atoms with Crippen LogP contribution in [0.15, 0.2) is 9.59 Å². The summed E-state index contributed by atoms with van der Waals surface area (Å²) in [6.07, 6.45) is 0.845. The molecular formula is C8H11N3O2. The first-order valence-electron chi connectivity index (χ1n) is 4.20. The summed E-state index contributed by atoms with van der Waals surface area (Å²) in [6, 6.07) is 0.0869. The molecule has 13 heavy (non-hydrogen) atoms. The number of rotatable bonds is 1. The third-order valence-electron chi connectivity index (χ3n) is 2.46. The Morgan fingerprint density at radius 2 is 2.00 bits per heavy atom. The van der Waals surface area contributed by atoms with Crippen LogP contribution in [-0.2, 0) is 0 Å². The molecule has 2 rings (SSSR count). The molecular weight excluding hydrogens is 170 g/mol. The smallest absolute Gasteiger partial charge is 0.253 e. The van der Waals surface area contributed by atoms with E-state index >= 15 is 0 Å². The van der Waals surface area contributed by atoms with E-state index in [0.29, 0.717) is 12.2 Å². The standard InChI is InChI=1S/C8H11N3O2/c9-4-1-2-11(3-4)6-5(10)7(12)8(6)13/h4H,1-3,9-10H2. The molecule has 1 aromatic carbocycles. The Morgan fingerprint density at radius 3 is 2.46 bits per heavy atom. The summed E-state index contributed by atoms with van der Waals surface area (Å²) in [5.41, 5.74) is 10.5. The molecule has 1 unspecified atom stereocenters. The Labute approximate surface area is 74.6 Å². The lowest BCUT2D eigenvalue weighted by Crippen LogP contribution is -2.42. The number of nitrogen functional groups attached to an aromatic ring is 1. The molecule has 1 saturated heterocycles. The van der Waals surface area contributed by atoms with E-state index in [4.69, 9.17) is 11.5 Å². The number of hydrogen-bond donors (Lipinski definition) is 2. The van der Waals surface area contributed by atoms with Crippen molar-refractivity contribution in [2.45, 2.75) is 12.5 Å². The summed E-state index contributed by atoms with van der Waals surface area (Å²) in [7, 11) is 0.